The van der Waals surface area contributed by atoms with Crippen LogP contribution in [0.4, 0.5) is 0 Å². The number of carbonyl (C=O) groups excluding carboxylic acids is 2. The van der Waals surface area contributed by atoms with Gasteiger partial charge in [0.25, 0.3) is 5.91 Å². The molecule has 0 spiro atoms. The maximum absolute atomic E-state index is 13.1. The molecule has 2 fully saturated rings. The van der Waals surface area contributed by atoms with Crippen molar-refractivity contribution in [3.8, 4) is 0 Å². The Kier molecular flexibility index (Phi) is 4.62. The van der Waals surface area contributed by atoms with Gasteiger partial charge in [-0.2, -0.15) is 0 Å². The molecule has 1 saturated carbocycles. The Morgan fingerprint density at radius 3 is 2.63 bits per heavy atom. The zero-order valence-electron chi connectivity index (χ0n) is 16.3. The van der Waals surface area contributed by atoms with Crippen LogP contribution in [0.25, 0.3) is 10.9 Å². The van der Waals surface area contributed by atoms with Crippen molar-refractivity contribution in [1.82, 2.24) is 15.2 Å². The molecule has 0 unspecified atom stereocenters. The van der Waals surface area contributed by atoms with E-state index in [4.69, 9.17) is 0 Å². The van der Waals surface area contributed by atoms with Crippen molar-refractivity contribution < 1.29 is 9.59 Å². The molecule has 2 aromatic rings. The number of pyridine rings is 1. The lowest BCUT2D eigenvalue weighted by Gasteiger charge is -2.33. The summed E-state index contributed by atoms with van der Waals surface area (Å²) in [5, 5.41) is 4.08. The Bertz CT molecular complexity index is 917. The minimum Gasteiger partial charge on any atom is -0.348 e. The number of hydrogen-bond donors (Lipinski definition) is 1. The van der Waals surface area contributed by atoms with Crippen LogP contribution in [0.15, 0.2) is 18.2 Å². The average Bonchev–Trinajstić information content (AvgIpc) is 3.46. The van der Waals surface area contributed by atoms with Gasteiger partial charge in [-0.25, -0.2) is 0 Å². The first-order valence-corrected chi connectivity index (χ1v) is 9.90. The summed E-state index contributed by atoms with van der Waals surface area (Å²) in [6.45, 7) is 7.44. The third-order valence-electron chi connectivity index (χ3n) is 5.62. The lowest BCUT2D eigenvalue weighted by atomic mass is 10.00. The van der Waals surface area contributed by atoms with Gasteiger partial charge in [-0.05, 0) is 64.2 Å². The first-order chi connectivity index (χ1) is 12.9. The van der Waals surface area contributed by atoms with Crippen LogP contribution in [0.5, 0.6) is 0 Å². The zero-order valence-corrected chi connectivity index (χ0v) is 16.3. The summed E-state index contributed by atoms with van der Waals surface area (Å²) in [5.74, 6) is 0.434. The molecule has 27 heavy (non-hydrogen) atoms. The molecule has 1 aromatic heterocycles. The van der Waals surface area contributed by atoms with Gasteiger partial charge >= 0.3 is 0 Å². The van der Waals surface area contributed by atoms with Crippen LogP contribution in [0.1, 0.15) is 52.9 Å². The topological polar surface area (TPSA) is 62.3 Å². The molecule has 4 rings (SSSR count). The van der Waals surface area contributed by atoms with Gasteiger partial charge < -0.3 is 10.2 Å². The van der Waals surface area contributed by atoms with E-state index in [2.05, 4.69) is 16.4 Å². The fourth-order valence-electron chi connectivity index (χ4n) is 4.14. The molecule has 1 saturated heterocycles. The van der Waals surface area contributed by atoms with Gasteiger partial charge in [0.15, 0.2) is 0 Å². The quantitative estimate of drug-likeness (QED) is 0.908. The highest BCUT2D eigenvalue weighted by Crippen LogP contribution is 2.32. The van der Waals surface area contributed by atoms with E-state index >= 15 is 0 Å². The van der Waals surface area contributed by atoms with E-state index in [1.807, 2.05) is 37.8 Å². The predicted molar refractivity (Wildman–Crippen MR) is 106 cm³/mol. The minimum atomic E-state index is -0.0683. The molecule has 1 aliphatic carbocycles. The van der Waals surface area contributed by atoms with Gasteiger partial charge in [0.05, 0.1) is 11.1 Å². The Balaban J connectivity index is 1.57. The van der Waals surface area contributed by atoms with Crippen molar-refractivity contribution in [3.05, 3.63) is 40.6 Å². The number of amides is 2. The van der Waals surface area contributed by atoms with Crippen LogP contribution in [0.3, 0.4) is 0 Å². The van der Waals surface area contributed by atoms with Crippen LogP contribution in [-0.2, 0) is 4.79 Å². The molecule has 0 bridgehead atoms. The average molecular weight is 365 g/mol. The Morgan fingerprint density at radius 1 is 1.11 bits per heavy atom. The highest BCUT2D eigenvalue weighted by Gasteiger charge is 2.35. The third-order valence-corrected chi connectivity index (χ3v) is 5.62. The summed E-state index contributed by atoms with van der Waals surface area (Å²) in [7, 11) is 0. The maximum Gasteiger partial charge on any atom is 0.252 e. The largest absolute Gasteiger partial charge is 0.348 e. The third kappa shape index (κ3) is 3.68. The second-order valence-electron chi connectivity index (χ2n) is 8.16. The smallest absolute Gasteiger partial charge is 0.252 e. The summed E-state index contributed by atoms with van der Waals surface area (Å²) >= 11 is 0. The summed E-state index contributed by atoms with van der Waals surface area (Å²) < 4.78 is 0. The number of fused-ring (bicyclic) bond motifs is 1. The number of carbonyl (C=O) groups is 2. The number of benzene rings is 1. The van der Waals surface area contributed by atoms with E-state index in [1.54, 1.807) is 0 Å². The van der Waals surface area contributed by atoms with Gasteiger partial charge in [-0.15, -0.1) is 0 Å². The van der Waals surface area contributed by atoms with Gasteiger partial charge in [0, 0.05) is 36.1 Å². The van der Waals surface area contributed by atoms with Crippen molar-refractivity contribution in [2.75, 3.05) is 13.1 Å². The van der Waals surface area contributed by atoms with E-state index < -0.39 is 0 Å². The lowest BCUT2D eigenvalue weighted by molar-refractivity contribution is -0.133. The molecule has 2 aliphatic rings. The molecule has 2 amide bonds. The van der Waals surface area contributed by atoms with Gasteiger partial charge in [-0.1, -0.05) is 11.6 Å². The second kappa shape index (κ2) is 6.95. The van der Waals surface area contributed by atoms with Crippen LogP contribution in [-0.4, -0.2) is 40.8 Å². The monoisotopic (exact) mass is 365 g/mol. The SMILES string of the molecule is Cc1cc(C)c2nc(C)cc(C(=O)N[C@H]3CCCN(C(=O)C4CC4)C3)c2c1. The predicted octanol–water partition coefficient (Wildman–Crippen LogP) is 3.29. The number of piperidine rings is 1. The minimum absolute atomic E-state index is 0.0170. The molecule has 2 heterocycles. The summed E-state index contributed by atoms with van der Waals surface area (Å²) in [5.41, 5.74) is 4.61. The summed E-state index contributed by atoms with van der Waals surface area (Å²) in [4.78, 5) is 32.0. The molecular formula is C22H27N3O2. The first-order valence-electron chi connectivity index (χ1n) is 9.90. The molecule has 142 valence electrons. The zero-order chi connectivity index (χ0) is 19.1. The van der Waals surface area contributed by atoms with E-state index in [-0.39, 0.29) is 23.8 Å². The fraction of sp³-hybridized carbons (Fsp3) is 0.500. The maximum atomic E-state index is 13.1. The van der Waals surface area contributed by atoms with Crippen molar-refractivity contribution >= 4 is 22.7 Å². The number of nitrogens with one attached hydrogen (secondary N) is 1. The van der Waals surface area contributed by atoms with Crippen molar-refractivity contribution in [1.29, 1.82) is 0 Å². The van der Waals surface area contributed by atoms with Crippen LogP contribution in [0, 0.1) is 26.7 Å². The number of nitrogens with zero attached hydrogens (tertiary/aromatic N) is 2. The van der Waals surface area contributed by atoms with Crippen molar-refractivity contribution in [2.24, 2.45) is 5.92 Å². The highest BCUT2D eigenvalue weighted by atomic mass is 16.2. The van der Waals surface area contributed by atoms with E-state index in [1.165, 1.54) is 0 Å². The number of likely N-dealkylation sites (tertiary alicyclic amines) is 1. The molecule has 1 N–H and O–H groups in total. The van der Waals surface area contributed by atoms with Crippen molar-refractivity contribution in [2.45, 2.75) is 52.5 Å². The van der Waals surface area contributed by atoms with Crippen LogP contribution >= 0.6 is 0 Å². The number of aromatic nitrogens is 1. The number of rotatable bonds is 3. The van der Waals surface area contributed by atoms with Crippen molar-refractivity contribution in [3.63, 3.8) is 0 Å². The molecular weight excluding hydrogens is 338 g/mol. The number of hydrogen-bond acceptors (Lipinski definition) is 3. The van der Waals surface area contributed by atoms with E-state index in [9.17, 15) is 9.59 Å². The highest BCUT2D eigenvalue weighted by molar-refractivity contribution is 6.07. The Labute approximate surface area is 160 Å². The van der Waals surface area contributed by atoms with Gasteiger partial charge in [0.1, 0.15) is 0 Å². The van der Waals surface area contributed by atoms with Gasteiger partial charge in [-0.3, -0.25) is 14.6 Å². The molecule has 1 atom stereocenters. The molecule has 5 heteroatoms. The normalized spacial score (nSPS) is 20.0. The molecule has 0 radical (unpaired) electrons. The molecule has 5 nitrogen and oxygen atoms in total. The summed E-state index contributed by atoms with van der Waals surface area (Å²) in [6, 6.07) is 6.02. The molecule has 1 aromatic carbocycles. The lowest BCUT2D eigenvalue weighted by Crippen LogP contribution is -2.50. The number of aryl methyl sites for hydroxylation is 3. The standard InChI is InChI=1S/C22H27N3O2/c1-13-9-14(2)20-18(10-13)19(11-15(3)23-20)21(26)24-17-5-4-8-25(12-17)22(27)16-6-7-16/h9-11,16-17H,4-8,12H2,1-3H3,(H,24,26)/t17-/m0/s1. The Morgan fingerprint density at radius 2 is 1.89 bits per heavy atom. The van der Waals surface area contributed by atoms with E-state index in [0.717, 1.165) is 60.0 Å². The Hall–Kier alpha value is -2.43. The summed E-state index contributed by atoms with van der Waals surface area (Å²) in [6.07, 6.45) is 3.90. The van der Waals surface area contributed by atoms with Crippen LogP contribution in [0.2, 0.25) is 0 Å². The van der Waals surface area contributed by atoms with Crippen LogP contribution < -0.4 is 5.32 Å². The van der Waals surface area contributed by atoms with E-state index in [0.29, 0.717) is 12.1 Å². The first kappa shape index (κ1) is 18.0. The molecule has 1 aliphatic heterocycles. The second-order valence-corrected chi connectivity index (χ2v) is 8.16. The fourth-order valence-corrected chi connectivity index (χ4v) is 4.14. The van der Waals surface area contributed by atoms with Gasteiger partial charge in [0.2, 0.25) is 5.91 Å².